The largest absolute Gasteiger partial charge is 0.277 e. The first kappa shape index (κ1) is 8.55. The molecule has 2 rings (SSSR count). The summed E-state index contributed by atoms with van der Waals surface area (Å²) >= 11 is 0. The molecule has 5 nitrogen and oxygen atoms in total. The molecule has 0 fully saturated rings. The van der Waals surface area contributed by atoms with Crippen molar-refractivity contribution in [3.63, 3.8) is 0 Å². The zero-order valence-electron chi connectivity index (χ0n) is 7.08. The van der Waals surface area contributed by atoms with E-state index in [-0.39, 0.29) is 0 Å². The van der Waals surface area contributed by atoms with Crippen LogP contribution < -0.4 is 0 Å². The lowest BCUT2D eigenvalue weighted by Gasteiger charge is -2.15. The molecule has 14 heavy (non-hydrogen) atoms. The molecular formula is C9H6N2O3. The van der Waals surface area contributed by atoms with Gasteiger partial charge in [-0.1, -0.05) is 6.08 Å². The summed E-state index contributed by atoms with van der Waals surface area (Å²) < 4.78 is 0. The second kappa shape index (κ2) is 3.02. The van der Waals surface area contributed by atoms with Gasteiger partial charge in [0.2, 0.25) is 0 Å². The van der Waals surface area contributed by atoms with Gasteiger partial charge in [0.1, 0.15) is 0 Å². The fourth-order valence-corrected chi connectivity index (χ4v) is 1.44. The maximum absolute atomic E-state index is 11.2. The minimum atomic E-state index is -0.925. The van der Waals surface area contributed by atoms with Gasteiger partial charge in [-0.15, -0.1) is 0 Å². The van der Waals surface area contributed by atoms with Crippen molar-refractivity contribution < 1.29 is 9.72 Å². The van der Waals surface area contributed by atoms with Crippen molar-refractivity contribution in [2.45, 2.75) is 6.04 Å². The number of nitro groups is 1. The molecule has 0 N–H and O–H groups in total. The second-order valence-corrected chi connectivity index (χ2v) is 2.90. The van der Waals surface area contributed by atoms with E-state index in [2.05, 4.69) is 4.99 Å². The van der Waals surface area contributed by atoms with Gasteiger partial charge in [0, 0.05) is 16.7 Å². The van der Waals surface area contributed by atoms with Crippen LogP contribution in [0.2, 0.25) is 0 Å². The third-order valence-corrected chi connectivity index (χ3v) is 2.09. The third-order valence-electron chi connectivity index (χ3n) is 2.09. The Morgan fingerprint density at radius 2 is 2.21 bits per heavy atom. The van der Waals surface area contributed by atoms with Crippen LogP contribution in [0.1, 0.15) is 0 Å². The molecule has 1 heterocycles. The third kappa shape index (κ3) is 1.19. The predicted octanol–water partition coefficient (Wildman–Crippen LogP) is 0.665. The highest BCUT2D eigenvalue weighted by atomic mass is 16.6. The second-order valence-electron chi connectivity index (χ2n) is 2.90. The molecule has 1 amide bonds. The van der Waals surface area contributed by atoms with E-state index < -0.39 is 16.9 Å². The molecule has 0 saturated carbocycles. The van der Waals surface area contributed by atoms with Crippen molar-refractivity contribution in [3.05, 3.63) is 45.6 Å². The highest BCUT2D eigenvalue weighted by Crippen LogP contribution is 2.24. The number of aliphatic imine (C=N–C) groups is 1. The highest BCUT2D eigenvalue weighted by molar-refractivity contribution is 6.07. The van der Waals surface area contributed by atoms with Crippen molar-refractivity contribution in [1.82, 2.24) is 0 Å². The van der Waals surface area contributed by atoms with Crippen molar-refractivity contribution >= 4 is 12.1 Å². The van der Waals surface area contributed by atoms with Gasteiger partial charge in [-0.25, -0.2) is 4.99 Å². The molecule has 0 bridgehead atoms. The molecule has 70 valence electrons. The van der Waals surface area contributed by atoms with E-state index in [4.69, 9.17) is 0 Å². The van der Waals surface area contributed by atoms with Gasteiger partial charge in [-0.2, -0.15) is 0 Å². The summed E-state index contributed by atoms with van der Waals surface area (Å²) in [6.45, 7) is 0. The summed E-state index contributed by atoms with van der Waals surface area (Å²) in [6.07, 6.45) is 7.31. The number of amides is 1. The fraction of sp³-hybridized carbons (Fsp3) is 0.111. The van der Waals surface area contributed by atoms with Crippen LogP contribution in [0.5, 0.6) is 0 Å². The Bertz CT molecular complexity index is 429. The first-order valence-corrected chi connectivity index (χ1v) is 4.01. The number of carbonyl (C=O) groups is 1. The van der Waals surface area contributed by atoms with E-state index in [1.54, 1.807) is 6.08 Å². The number of dihydropyridines is 1. The van der Waals surface area contributed by atoms with Crippen LogP contribution in [-0.2, 0) is 4.79 Å². The van der Waals surface area contributed by atoms with Crippen LogP contribution in [0, 0.1) is 10.1 Å². The minimum Gasteiger partial charge on any atom is -0.267 e. The van der Waals surface area contributed by atoms with Gasteiger partial charge in [-0.05, 0) is 18.2 Å². The number of hydrogen-bond acceptors (Lipinski definition) is 3. The van der Waals surface area contributed by atoms with Crippen molar-refractivity contribution in [2.24, 2.45) is 4.99 Å². The van der Waals surface area contributed by atoms with Crippen LogP contribution in [0.3, 0.4) is 0 Å². The number of nitrogens with zero attached hydrogens (tertiary/aromatic N) is 2. The highest BCUT2D eigenvalue weighted by Gasteiger charge is 2.31. The molecule has 0 radical (unpaired) electrons. The van der Waals surface area contributed by atoms with E-state index in [0.717, 1.165) is 0 Å². The average Bonchev–Trinajstić information content (AvgIpc) is 2.17. The smallest absolute Gasteiger partial charge is 0.267 e. The van der Waals surface area contributed by atoms with E-state index in [1.807, 2.05) is 0 Å². The molecule has 0 spiro atoms. The molecule has 0 saturated heterocycles. The van der Waals surface area contributed by atoms with Gasteiger partial charge in [0.05, 0.1) is 5.57 Å². The lowest BCUT2D eigenvalue weighted by atomic mass is 9.92. The maximum atomic E-state index is 11.2. The maximum Gasteiger partial charge on any atom is 0.277 e. The molecule has 1 atom stereocenters. The van der Waals surface area contributed by atoms with E-state index in [1.165, 1.54) is 24.4 Å². The number of fused-ring (bicyclic) bond motifs is 1. The zero-order valence-corrected chi connectivity index (χ0v) is 7.08. The summed E-state index contributed by atoms with van der Waals surface area (Å²) in [7, 11) is 0. The standard InChI is InChI=1S/C9H6N2O3/c12-9-7-2-1-3-8(11(13)14)6(7)4-5-10-9/h1-5,8H. The van der Waals surface area contributed by atoms with Crippen LogP contribution >= 0.6 is 0 Å². The van der Waals surface area contributed by atoms with E-state index in [9.17, 15) is 14.9 Å². The molecule has 5 heteroatoms. The van der Waals surface area contributed by atoms with Gasteiger partial charge >= 0.3 is 0 Å². The molecule has 1 unspecified atom stereocenters. The lowest BCUT2D eigenvalue weighted by molar-refractivity contribution is -0.498. The Morgan fingerprint density at radius 3 is 2.93 bits per heavy atom. The first-order chi connectivity index (χ1) is 6.70. The minimum absolute atomic E-state index is 0.316. The number of carbonyl (C=O) groups excluding carboxylic acids is 1. The number of allylic oxidation sites excluding steroid dienone is 3. The molecule has 0 aromatic rings. The summed E-state index contributed by atoms with van der Waals surface area (Å²) in [4.78, 5) is 25.0. The summed E-state index contributed by atoms with van der Waals surface area (Å²) in [5, 5.41) is 10.6. The normalized spacial score (nSPS) is 24.0. The van der Waals surface area contributed by atoms with Crippen LogP contribution in [0.4, 0.5) is 0 Å². The topological polar surface area (TPSA) is 72.6 Å². The Kier molecular flexibility index (Phi) is 1.85. The average molecular weight is 190 g/mol. The van der Waals surface area contributed by atoms with Crippen LogP contribution in [0.25, 0.3) is 0 Å². The molecule has 0 aromatic carbocycles. The fourth-order valence-electron chi connectivity index (χ4n) is 1.44. The number of rotatable bonds is 1. The number of hydrogen-bond donors (Lipinski definition) is 0. The van der Waals surface area contributed by atoms with Crippen molar-refractivity contribution in [2.75, 3.05) is 0 Å². The molecule has 2 aliphatic rings. The van der Waals surface area contributed by atoms with Gasteiger partial charge in [-0.3, -0.25) is 14.9 Å². The Hall–Kier alpha value is -2.04. The lowest BCUT2D eigenvalue weighted by Crippen LogP contribution is -2.26. The monoisotopic (exact) mass is 190 g/mol. The summed E-state index contributed by atoms with van der Waals surface area (Å²) in [5.41, 5.74) is 0.731. The quantitative estimate of drug-likeness (QED) is 0.450. The predicted molar refractivity (Wildman–Crippen MR) is 49.6 cm³/mol. The molecular weight excluding hydrogens is 184 g/mol. The first-order valence-electron chi connectivity index (χ1n) is 4.01. The van der Waals surface area contributed by atoms with Crippen molar-refractivity contribution in [3.8, 4) is 0 Å². The molecule has 1 aliphatic heterocycles. The Morgan fingerprint density at radius 1 is 1.43 bits per heavy atom. The van der Waals surface area contributed by atoms with E-state index >= 15 is 0 Å². The van der Waals surface area contributed by atoms with Crippen LogP contribution in [-0.4, -0.2) is 23.1 Å². The molecule has 0 aromatic heterocycles. The van der Waals surface area contributed by atoms with E-state index in [0.29, 0.717) is 11.1 Å². The van der Waals surface area contributed by atoms with Gasteiger partial charge < -0.3 is 0 Å². The summed E-state index contributed by atoms with van der Waals surface area (Å²) in [5.74, 6) is -0.418. The van der Waals surface area contributed by atoms with Gasteiger partial charge in [0.15, 0.2) is 0 Å². The Labute approximate surface area is 79.3 Å². The van der Waals surface area contributed by atoms with Crippen LogP contribution in [0.15, 0.2) is 40.4 Å². The summed E-state index contributed by atoms with van der Waals surface area (Å²) in [6, 6.07) is -0.925. The molecule has 1 aliphatic carbocycles. The van der Waals surface area contributed by atoms with Gasteiger partial charge in [0.25, 0.3) is 11.9 Å². The van der Waals surface area contributed by atoms with Crippen molar-refractivity contribution in [1.29, 1.82) is 0 Å². The SMILES string of the molecule is O=C1N=CC=C2C1=CC=CC2[N+](=O)[O-]. The Balaban J connectivity index is 2.47. The zero-order chi connectivity index (χ0) is 10.1.